The number of aryl methyl sites for hydroxylation is 1. The van der Waals surface area contributed by atoms with Crippen molar-refractivity contribution in [3.8, 4) is 5.00 Å². The van der Waals surface area contributed by atoms with E-state index in [1.54, 1.807) is 0 Å². The van der Waals surface area contributed by atoms with Gasteiger partial charge in [0.05, 0.1) is 5.56 Å². The zero-order chi connectivity index (χ0) is 22.1. The van der Waals surface area contributed by atoms with Gasteiger partial charge in [0, 0.05) is 47.3 Å². The molecule has 0 bridgehead atoms. The van der Waals surface area contributed by atoms with Crippen LogP contribution in [0.25, 0.3) is 5.00 Å². The minimum absolute atomic E-state index is 0.0283. The van der Waals surface area contributed by atoms with Gasteiger partial charge in [0.2, 0.25) is 0 Å². The second-order valence-corrected chi connectivity index (χ2v) is 10.2. The molecule has 1 aliphatic rings. The maximum atomic E-state index is 12.7. The average Bonchev–Trinajstić information content (AvgIpc) is 3.44. The molecule has 0 aromatic carbocycles. The van der Waals surface area contributed by atoms with Crippen molar-refractivity contribution in [1.29, 1.82) is 0 Å². The molecule has 0 fully saturated rings. The number of fused-ring (bicyclic) bond motifs is 1. The number of Topliss-reactive ketones (excluding diaryl/α,β-unsaturated/α-hetero) is 1. The van der Waals surface area contributed by atoms with Crippen molar-refractivity contribution in [2.75, 3.05) is 18.4 Å². The van der Waals surface area contributed by atoms with Crippen LogP contribution in [0.4, 0.5) is 9.80 Å². The number of ketones is 1. The molecule has 2 N–H and O–H groups in total. The van der Waals surface area contributed by atoms with E-state index in [1.165, 1.54) is 39.3 Å². The normalized spacial score (nSPS) is 13.8. The molecule has 3 aromatic rings. The number of urea groups is 1. The standard InChI is InChI=1S/C23H28N4O2S2/c1-5-26-11-8-17-18(22(31-19(17)13-26)27-9-6-7-10-27)12-24-23(29)25-21-20(15(3)28)14(2)16(4)30-21/h6-7,9-10H,5,8,11-13H2,1-4H3,(H2,24,25,29). The number of rotatable bonds is 6. The molecule has 0 unspecified atom stereocenters. The zero-order valence-corrected chi connectivity index (χ0v) is 20.0. The third-order valence-corrected chi connectivity index (χ3v) is 8.30. The van der Waals surface area contributed by atoms with Gasteiger partial charge in [0.25, 0.3) is 0 Å². The molecule has 0 spiro atoms. The maximum Gasteiger partial charge on any atom is 0.320 e. The first-order valence-electron chi connectivity index (χ1n) is 10.5. The second kappa shape index (κ2) is 8.98. The third kappa shape index (κ3) is 4.33. The topological polar surface area (TPSA) is 66.4 Å². The molecule has 0 saturated carbocycles. The Morgan fingerprint density at radius 1 is 1.16 bits per heavy atom. The zero-order valence-electron chi connectivity index (χ0n) is 18.4. The van der Waals surface area contributed by atoms with E-state index in [0.717, 1.165) is 36.5 Å². The minimum atomic E-state index is -0.284. The van der Waals surface area contributed by atoms with Crippen LogP contribution in [-0.4, -0.2) is 34.4 Å². The SMILES string of the molecule is CCN1CCc2c(sc(-n3cccc3)c2CNC(=O)Nc2sc(C)c(C)c2C(C)=O)C1. The van der Waals surface area contributed by atoms with Crippen LogP contribution in [0.3, 0.4) is 0 Å². The van der Waals surface area contributed by atoms with E-state index >= 15 is 0 Å². The predicted octanol–water partition coefficient (Wildman–Crippen LogP) is 5.12. The van der Waals surface area contributed by atoms with E-state index in [0.29, 0.717) is 17.1 Å². The third-order valence-electron chi connectivity index (χ3n) is 5.90. The first-order valence-corrected chi connectivity index (χ1v) is 12.2. The Kier molecular flexibility index (Phi) is 6.31. The van der Waals surface area contributed by atoms with Crippen molar-refractivity contribution < 1.29 is 9.59 Å². The summed E-state index contributed by atoms with van der Waals surface area (Å²) in [6.07, 6.45) is 5.10. The Morgan fingerprint density at radius 2 is 1.90 bits per heavy atom. The van der Waals surface area contributed by atoms with E-state index in [1.807, 2.05) is 37.3 Å². The lowest BCUT2D eigenvalue weighted by molar-refractivity contribution is 0.101. The molecule has 0 saturated heterocycles. The minimum Gasteiger partial charge on any atom is -0.334 e. The molecule has 4 heterocycles. The first-order chi connectivity index (χ1) is 14.9. The number of carbonyl (C=O) groups excluding carboxylic acids is 2. The van der Waals surface area contributed by atoms with Crippen molar-refractivity contribution in [3.63, 3.8) is 0 Å². The summed E-state index contributed by atoms with van der Waals surface area (Å²) in [6, 6.07) is 3.76. The Labute approximate surface area is 190 Å². The first kappa shape index (κ1) is 21.8. The fourth-order valence-electron chi connectivity index (χ4n) is 4.09. The van der Waals surface area contributed by atoms with Gasteiger partial charge in [-0.25, -0.2) is 4.79 Å². The summed E-state index contributed by atoms with van der Waals surface area (Å²) in [5.74, 6) is -0.0283. The highest BCUT2D eigenvalue weighted by molar-refractivity contribution is 7.17. The largest absolute Gasteiger partial charge is 0.334 e. The monoisotopic (exact) mass is 456 g/mol. The number of aromatic nitrogens is 1. The molecule has 0 aliphatic carbocycles. The number of anilines is 1. The van der Waals surface area contributed by atoms with E-state index in [4.69, 9.17) is 0 Å². The van der Waals surface area contributed by atoms with Gasteiger partial charge in [0.1, 0.15) is 10.0 Å². The van der Waals surface area contributed by atoms with Crippen LogP contribution < -0.4 is 10.6 Å². The van der Waals surface area contributed by atoms with Gasteiger partial charge in [-0.1, -0.05) is 6.92 Å². The highest BCUT2D eigenvalue weighted by atomic mass is 32.1. The Bertz CT molecular complexity index is 1110. The van der Waals surface area contributed by atoms with E-state index in [-0.39, 0.29) is 11.8 Å². The number of amides is 2. The van der Waals surface area contributed by atoms with E-state index < -0.39 is 0 Å². The van der Waals surface area contributed by atoms with Crippen molar-refractivity contribution >= 4 is 39.5 Å². The van der Waals surface area contributed by atoms with Crippen LogP contribution in [-0.2, 0) is 19.5 Å². The average molecular weight is 457 g/mol. The number of likely N-dealkylation sites (N-methyl/N-ethyl adjacent to an activating group) is 1. The summed E-state index contributed by atoms with van der Waals surface area (Å²) in [5.41, 5.74) is 4.10. The van der Waals surface area contributed by atoms with Crippen molar-refractivity contribution in [1.82, 2.24) is 14.8 Å². The summed E-state index contributed by atoms with van der Waals surface area (Å²) >= 11 is 3.26. The van der Waals surface area contributed by atoms with E-state index in [9.17, 15) is 9.59 Å². The highest BCUT2D eigenvalue weighted by Gasteiger charge is 2.25. The Morgan fingerprint density at radius 3 is 2.58 bits per heavy atom. The molecule has 6 nitrogen and oxygen atoms in total. The second-order valence-electron chi connectivity index (χ2n) is 7.85. The van der Waals surface area contributed by atoms with Gasteiger partial charge >= 0.3 is 6.03 Å². The van der Waals surface area contributed by atoms with Crippen LogP contribution >= 0.6 is 22.7 Å². The molecular formula is C23H28N4O2S2. The molecule has 164 valence electrons. The van der Waals surface area contributed by atoms with Crippen molar-refractivity contribution in [3.05, 3.63) is 56.5 Å². The number of nitrogens with one attached hydrogen (secondary N) is 2. The molecule has 31 heavy (non-hydrogen) atoms. The van der Waals surface area contributed by atoms with Crippen molar-refractivity contribution in [2.24, 2.45) is 0 Å². The smallest absolute Gasteiger partial charge is 0.320 e. The number of thiophene rings is 2. The van der Waals surface area contributed by atoms with Gasteiger partial charge < -0.3 is 9.88 Å². The van der Waals surface area contributed by atoms with Crippen LogP contribution in [0.1, 0.15) is 50.7 Å². The van der Waals surface area contributed by atoms with Gasteiger partial charge in [-0.05, 0) is 57.0 Å². The molecule has 1 aliphatic heterocycles. The number of carbonyl (C=O) groups is 2. The Balaban J connectivity index is 1.55. The molecule has 0 radical (unpaired) electrons. The Hall–Kier alpha value is -2.42. The molecule has 4 rings (SSSR count). The lowest BCUT2D eigenvalue weighted by atomic mass is 10.0. The molecule has 2 amide bonds. The number of nitrogens with zero attached hydrogens (tertiary/aromatic N) is 2. The van der Waals surface area contributed by atoms with E-state index in [2.05, 4.69) is 39.4 Å². The lowest BCUT2D eigenvalue weighted by Crippen LogP contribution is -2.31. The quantitative estimate of drug-likeness (QED) is 0.506. The van der Waals surface area contributed by atoms with Crippen molar-refractivity contribution in [2.45, 2.75) is 47.2 Å². The van der Waals surface area contributed by atoms with Crippen LogP contribution in [0.5, 0.6) is 0 Å². The van der Waals surface area contributed by atoms with Crippen LogP contribution in [0.2, 0.25) is 0 Å². The maximum absolute atomic E-state index is 12.7. The summed E-state index contributed by atoms with van der Waals surface area (Å²) in [5, 5.41) is 7.72. The fourth-order valence-corrected chi connectivity index (χ4v) is 6.57. The summed E-state index contributed by atoms with van der Waals surface area (Å²) in [6.45, 7) is 11.1. The van der Waals surface area contributed by atoms with Gasteiger partial charge in [-0.15, -0.1) is 22.7 Å². The highest BCUT2D eigenvalue weighted by Crippen LogP contribution is 2.36. The lowest BCUT2D eigenvalue weighted by Gasteiger charge is -2.25. The molecular weight excluding hydrogens is 428 g/mol. The molecule has 3 aromatic heterocycles. The fraction of sp³-hybridized carbons (Fsp3) is 0.391. The molecule has 8 heteroatoms. The number of hydrogen-bond acceptors (Lipinski definition) is 5. The van der Waals surface area contributed by atoms with Crippen LogP contribution in [0.15, 0.2) is 24.5 Å². The summed E-state index contributed by atoms with van der Waals surface area (Å²) in [4.78, 5) is 29.7. The number of hydrogen-bond donors (Lipinski definition) is 2. The summed E-state index contributed by atoms with van der Waals surface area (Å²) < 4.78 is 2.13. The van der Waals surface area contributed by atoms with Gasteiger partial charge in [-0.3, -0.25) is 15.0 Å². The van der Waals surface area contributed by atoms with Crippen LogP contribution in [0, 0.1) is 13.8 Å². The van der Waals surface area contributed by atoms with Gasteiger partial charge in [-0.2, -0.15) is 0 Å². The summed E-state index contributed by atoms with van der Waals surface area (Å²) in [7, 11) is 0. The van der Waals surface area contributed by atoms with Gasteiger partial charge in [0.15, 0.2) is 5.78 Å². The predicted molar refractivity (Wildman–Crippen MR) is 128 cm³/mol. The molecule has 0 atom stereocenters.